The van der Waals surface area contributed by atoms with Crippen LogP contribution in [0.3, 0.4) is 0 Å². The Morgan fingerprint density at radius 2 is 2.15 bits per heavy atom. The number of phenolic OH excluding ortho intramolecular Hbond substituents is 2. The molecule has 1 atom stereocenters. The highest BCUT2D eigenvalue weighted by molar-refractivity contribution is 5.53. The standard InChI is InChI=1S/C10H12O3/c1-7(4-5-11)9-6-8(12)2-3-10(9)13/h2-3,5-7,12-13H,4H2,1H3. The van der Waals surface area contributed by atoms with Gasteiger partial charge in [0.15, 0.2) is 0 Å². The van der Waals surface area contributed by atoms with Crippen LogP contribution >= 0.6 is 0 Å². The molecule has 0 fully saturated rings. The minimum atomic E-state index is -0.0652. The highest BCUT2D eigenvalue weighted by Crippen LogP contribution is 2.30. The molecule has 2 N–H and O–H groups in total. The summed E-state index contributed by atoms with van der Waals surface area (Å²) in [6.45, 7) is 1.82. The van der Waals surface area contributed by atoms with E-state index in [1.165, 1.54) is 18.2 Å². The normalized spacial score (nSPS) is 12.4. The lowest BCUT2D eigenvalue weighted by Gasteiger charge is -2.10. The summed E-state index contributed by atoms with van der Waals surface area (Å²) in [5.74, 6) is 0.155. The summed E-state index contributed by atoms with van der Waals surface area (Å²) in [5.41, 5.74) is 0.604. The Kier molecular flexibility index (Phi) is 2.90. The first kappa shape index (κ1) is 9.58. The number of aromatic hydroxyl groups is 2. The van der Waals surface area contributed by atoms with Crippen LogP contribution in [0.25, 0.3) is 0 Å². The molecule has 0 aliphatic carbocycles. The van der Waals surface area contributed by atoms with Crippen LogP contribution in [0.1, 0.15) is 24.8 Å². The van der Waals surface area contributed by atoms with Crippen molar-refractivity contribution in [2.75, 3.05) is 0 Å². The Morgan fingerprint density at radius 1 is 1.46 bits per heavy atom. The minimum absolute atomic E-state index is 0.0652. The van der Waals surface area contributed by atoms with Gasteiger partial charge in [-0.05, 0) is 24.1 Å². The number of hydrogen-bond donors (Lipinski definition) is 2. The molecule has 1 aromatic carbocycles. The van der Waals surface area contributed by atoms with Crippen LogP contribution in [0.15, 0.2) is 18.2 Å². The van der Waals surface area contributed by atoms with Crippen LogP contribution in [0.4, 0.5) is 0 Å². The third kappa shape index (κ3) is 2.21. The number of carbonyl (C=O) groups excluding carboxylic acids is 1. The SMILES string of the molecule is CC(CC=O)c1cc(O)ccc1O. The van der Waals surface area contributed by atoms with Crippen molar-refractivity contribution in [3.8, 4) is 11.5 Å². The summed E-state index contributed by atoms with van der Waals surface area (Å²) in [6.07, 6.45) is 1.14. The number of benzene rings is 1. The van der Waals surface area contributed by atoms with Crippen molar-refractivity contribution in [3.63, 3.8) is 0 Å². The van der Waals surface area contributed by atoms with Gasteiger partial charge in [0, 0.05) is 12.0 Å². The van der Waals surface area contributed by atoms with Crippen molar-refractivity contribution in [2.24, 2.45) is 0 Å². The van der Waals surface area contributed by atoms with E-state index >= 15 is 0 Å². The van der Waals surface area contributed by atoms with Gasteiger partial charge in [-0.15, -0.1) is 0 Å². The molecule has 1 rings (SSSR count). The summed E-state index contributed by atoms with van der Waals surface area (Å²) < 4.78 is 0. The van der Waals surface area contributed by atoms with Gasteiger partial charge in [-0.1, -0.05) is 6.92 Å². The second-order valence-corrected chi connectivity index (χ2v) is 3.05. The molecule has 0 aromatic heterocycles. The quantitative estimate of drug-likeness (QED) is 0.550. The van der Waals surface area contributed by atoms with E-state index in [1.54, 1.807) is 0 Å². The average Bonchev–Trinajstić information content (AvgIpc) is 2.09. The van der Waals surface area contributed by atoms with Crippen LogP contribution in [0, 0.1) is 0 Å². The zero-order valence-electron chi connectivity index (χ0n) is 7.40. The Morgan fingerprint density at radius 3 is 2.77 bits per heavy atom. The molecule has 0 aliphatic heterocycles. The molecule has 13 heavy (non-hydrogen) atoms. The number of carbonyl (C=O) groups is 1. The van der Waals surface area contributed by atoms with E-state index in [0.717, 1.165) is 6.29 Å². The van der Waals surface area contributed by atoms with Crippen molar-refractivity contribution in [1.82, 2.24) is 0 Å². The second-order valence-electron chi connectivity index (χ2n) is 3.05. The van der Waals surface area contributed by atoms with Crippen molar-refractivity contribution in [2.45, 2.75) is 19.3 Å². The van der Waals surface area contributed by atoms with Crippen molar-refractivity contribution >= 4 is 6.29 Å². The average molecular weight is 180 g/mol. The molecule has 0 spiro atoms. The summed E-state index contributed by atoms with van der Waals surface area (Å²) in [6, 6.07) is 4.31. The van der Waals surface area contributed by atoms with Gasteiger partial charge in [-0.25, -0.2) is 0 Å². The molecule has 1 unspecified atom stereocenters. The first-order chi connectivity index (χ1) is 6.15. The molecule has 0 amide bonds. The van der Waals surface area contributed by atoms with Crippen molar-refractivity contribution in [1.29, 1.82) is 0 Å². The van der Waals surface area contributed by atoms with E-state index in [2.05, 4.69) is 0 Å². The van der Waals surface area contributed by atoms with Crippen molar-refractivity contribution in [3.05, 3.63) is 23.8 Å². The zero-order valence-corrected chi connectivity index (χ0v) is 7.40. The zero-order chi connectivity index (χ0) is 9.84. The van der Waals surface area contributed by atoms with Gasteiger partial charge in [0.25, 0.3) is 0 Å². The van der Waals surface area contributed by atoms with E-state index < -0.39 is 0 Å². The molecule has 0 saturated carbocycles. The molecule has 0 radical (unpaired) electrons. The fourth-order valence-corrected chi connectivity index (χ4v) is 1.21. The molecule has 0 bridgehead atoms. The number of rotatable bonds is 3. The van der Waals surface area contributed by atoms with Crippen LogP contribution in [-0.2, 0) is 4.79 Å². The third-order valence-corrected chi connectivity index (χ3v) is 1.99. The third-order valence-electron chi connectivity index (χ3n) is 1.99. The predicted molar refractivity (Wildman–Crippen MR) is 48.9 cm³/mol. The highest BCUT2D eigenvalue weighted by Gasteiger charge is 2.10. The lowest BCUT2D eigenvalue weighted by molar-refractivity contribution is -0.108. The van der Waals surface area contributed by atoms with Crippen molar-refractivity contribution < 1.29 is 15.0 Å². The number of aldehydes is 1. The molecular formula is C10H12O3. The van der Waals surface area contributed by atoms with Gasteiger partial charge in [0.2, 0.25) is 0 Å². The molecule has 3 nitrogen and oxygen atoms in total. The van der Waals surface area contributed by atoms with Crippen LogP contribution < -0.4 is 0 Å². The smallest absolute Gasteiger partial charge is 0.120 e. The van der Waals surface area contributed by atoms with E-state index in [0.29, 0.717) is 12.0 Å². The van der Waals surface area contributed by atoms with Gasteiger partial charge in [0.1, 0.15) is 17.8 Å². The first-order valence-electron chi connectivity index (χ1n) is 4.10. The Bertz CT molecular complexity index is 307. The minimum Gasteiger partial charge on any atom is -0.508 e. The molecular weight excluding hydrogens is 168 g/mol. The first-order valence-corrected chi connectivity index (χ1v) is 4.10. The maximum absolute atomic E-state index is 10.2. The van der Waals surface area contributed by atoms with Gasteiger partial charge in [-0.3, -0.25) is 0 Å². The van der Waals surface area contributed by atoms with E-state index in [9.17, 15) is 9.90 Å². The molecule has 0 saturated heterocycles. The maximum atomic E-state index is 10.2. The monoisotopic (exact) mass is 180 g/mol. The lowest BCUT2D eigenvalue weighted by Crippen LogP contribution is -1.94. The Balaban J connectivity index is 2.97. The topological polar surface area (TPSA) is 57.5 Å². The summed E-state index contributed by atoms with van der Waals surface area (Å²) in [4.78, 5) is 10.2. The molecule has 0 heterocycles. The largest absolute Gasteiger partial charge is 0.508 e. The van der Waals surface area contributed by atoms with E-state index in [-0.39, 0.29) is 17.4 Å². The highest BCUT2D eigenvalue weighted by atomic mass is 16.3. The van der Waals surface area contributed by atoms with Crippen LogP contribution in [-0.4, -0.2) is 16.5 Å². The molecule has 70 valence electrons. The van der Waals surface area contributed by atoms with Crippen LogP contribution in [0.5, 0.6) is 11.5 Å². The predicted octanol–water partition coefficient (Wildman–Crippen LogP) is 1.79. The second kappa shape index (κ2) is 3.94. The van der Waals surface area contributed by atoms with Gasteiger partial charge >= 0.3 is 0 Å². The lowest BCUT2D eigenvalue weighted by atomic mass is 9.97. The van der Waals surface area contributed by atoms with Gasteiger partial charge < -0.3 is 15.0 Å². The Labute approximate surface area is 76.6 Å². The van der Waals surface area contributed by atoms with E-state index in [1.807, 2.05) is 6.92 Å². The molecule has 3 heteroatoms. The summed E-state index contributed by atoms with van der Waals surface area (Å²) in [7, 11) is 0. The van der Waals surface area contributed by atoms with Crippen LogP contribution in [0.2, 0.25) is 0 Å². The summed E-state index contributed by atoms with van der Waals surface area (Å²) in [5, 5.41) is 18.6. The summed E-state index contributed by atoms with van der Waals surface area (Å²) >= 11 is 0. The van der Waals surface area contributed by atoms with Gasteiger partial charge in [0.05, 0.1) is 0 Å². The number of phenols is 2. The fourth-order valence-electron chi connectivity index (χ4n) is 1.21. The molecule has 0 aliphatic rings. The Hall–Kier alpha value is -1.51. The number of hydrogen-bond acceptors (Lipinski definition) is 3. The fraction of sp³-hybridized carbons (Fsp3) is 0.300. The van der Waals surface area contributed by atoms with E-state index in [4.69, 9.17) is 5.11 Å². The molecule has 1 aromatic rings. The maximum Gasteiger partial charge on any atom is 0.120 e. The van der Waals surface area contributed by atoms with Gasteiger partial charge in [-0.2, -0.15) is 0 Å².